The molecule has 3 rings (SSSR count). The summed E-state index contributed by atoms with van der Waals surface area (Å²) >= 11 is 0. The van der Waals surface area contributed by atoms with Crippen LogP contribution in [0.5, 0.6) is 0 Å². The lowest BCUT2D eigenvalue weighted by molar-refractivity contribution is -0.121. The Morgan fingerprint density at radius 3 is 2.52 bits per heavy atom. The molecule has 1 aliphatic heterocycles. The van der Waals surface area contributed by atoms with Crippen LogP contribution in [0.2, 0.25) is 0 Å². The predicted octanol–water partition coefficient (Wildman–Crippen LogP) is 3.36. The SMILES string of the molecule is Cc1cccc(N2C(=O)C[C@H](Nc3cccc(C)c3C)C2=O)c1. The first kappa shape index (κ1) is 15.3. The molecule has 1 saturated heterocycles. The summed E-state index contributed by atoms with van der Waals surface area (Å²) in [5, 5.41) is 3.23. The highest BCUT2D eigenvalue weighted by atomic mass is 16.2. The van der Waals surface area contributed by atoms with Crippen LogP contribution in [0, 0.1) is 20.8 Å². The van der Waals surface area contributed by atoms with E-state index < -0.39 is 6.04 Å². The van der Waals surface area contributed by atoms with Crippen molar-refractivity contribution in [3.63, 3.8) is 0 Å². The first-order chi connectivity index (χ1) is 11.0. The number of benzene rings is 2. The van der Waals surface area contributed by atoms with E-state index in [1.165, 1.54) is 4.90 Å². The van der Waals surface area contributed by atoms with Crippen LogP contribution in [0.3, 0.4) is 0 Å². The number of hydrogen-bond donors (Lipinski definition) is 1. The summed E-state index contributed by atoms with van der Waals surface area (Å²) in [4.78, 5) is 26.3. The Hall–Kier alpha value is -2.62. The van der Waals surface area contributed by atoms with E-state index in [2.05, 4.69) is 5.32 Å². The minimum absolute atomic E-state index is 0.164. The van der Waals surface area contributed by atoms with Crippen LogP contribution >= 0.6 is 0 Å². The first-order valence-electron chi connectivity index (χ1n) is 7.73. The lowest BCUT2D eigenvalue weighted by atomic mass is 10.1. The third-order valence-electron chi connectivity index (χ3n) is 4.34. The maximum atomic E-state index is 12.7. The Morgan fingerprint density at radius 1 is 1.04 bits per heavy atom. The third kappa shape index (κ3) is 2.84. The number of carbonyl (C=O) groups is 2. The van der Waals surface area contributed by atoms with E-state index in [4.69, 9.17) is 0 Å². The van der Waals surface area contributed by atoms with E-state index in [0.717, 1.165) is 22.4 Å². The van der Waals surface area contributed by atoms with Gasteiger partial charge in [-0.2, -0.15) is 0 Å². The molecule has 4 heteroatoms. The number of amides is 2. The third-order valence-corrected chi connectivity index (χ3v) is 4.34. The highest BCUT2D eigenvalue weighted by molar-refractivity contribution is 6.23. The second-order valence-corrected chi connectivity index (χ2v) is 6.05. The van der Waals surface area contributed by atoms with Crippen molar-refractivity contribution < 1.29 is 9.59 Å². The van der Waals surface area contributed by atoms with E-state index in [1.54, 1.807) is 6.07 Å². The van der Waals surface area contributed by atoms with Gasteiger partial charge in [-0.1, -0.05) is 24.3 Å². The Kier molecular flexibility index (Phi) is 3.90. The van der Waals surface area contributed by atoms with Crippen molar-refractivity contribution in [1.82, 2.24) is 0 Å². The standard InChI is InChI=1S/C19H20N2O2/c1-12-6-4-8-15(10-12)21-18(22)11-17(19(21)23)20-16-9-5-7-13(2)14(16)3/h4-10,17,20H,11H2,1-3H3/t17-/m0/s1. The molecule has 0 radical (unpaired) electrons. The highest BCUT2D eigenvalue weighted by Crippen LogP contribution is 2.27. The fourth-order valence-corrected chi connectivity index (χ4v) is 2.88. The van der Waals surface area contributed by atoms with Crippen molar-refractivity contribution in [1.29, 1.82) is 0 Å². The van der Waals surface area contributed by atoms with E-state index >= 15 is 0 Å². The number of carbonyl (C=O) groups excluding carboxylic acids is 2. The van der Waals surface area contributed by atoms with Gasteiger partial charge in [0.15, 0.2) is 0 Å². The fourth-order valence-electron chi connectivity index (χ4n) is 2.88. The fraction of sp³-hybridized carbons (Fsp3) is 0.263. The first-order valence-corrected chi connectivity index (χ1v) is 7.73. The highest BCUT2D eigenvalue weighted by Gasteiger charge is 2.39. The molecule has 1 fully saturated rings. The minimum Gasteiger partial charge on any atom is -0.373 e. The summed E-state index contributed by atoms with van der Waals surface area (Å²) in [5.74, 6) is -0.357. The Morgan fingerprint density at radius 2 is 1.78 bits per heavy atom. The second kappa shape index (κ2) is 5.88. The largest absolute Gasteiger partial charge is 0.373 e. The Labute approximate surface area is 136 Å². The molecule has 1 atom stereocenters. The maximum Gasteiger partial charge on any atom is 0.256 e. The summed E-state index contributed by atoms with van der Waals surface area (Å²) < 4.78 is 0. The van der Waals surface area contributed by atoms with Crippen molar-refractivity contribution in [2.75, 3.05) is 10.2 Å². The average molecular weight is 308 g/mol. The summed E-state index contributed by atoms with van der Waals surface area (Å²) in [6, 6.07) is 12.9. The van der Waals surface area contributed by atoms with Crippen LogP contribution in [0.1, 0.15) is 23.1 Å². The second-order valence-electron chi connectivity index (χ2n) is 6.05. The summed E-state index contributed by atoms with van der Waals surface area (Å²) in [7, 11) is 0. The van der Waals surface area contributed by atoms with E-state index in [0.29, 0.717) is 5.69 Å². The van der Waals surface area contributed by atoms with Crippen molar-refractivity contribution in [3.05, 3.63) is 59.2 Å². The molecule has 0 saturated carbocycles. The van der Waals surface area contributed by atoms with Crippen LogP contribution in [-0.4, -0.2) is 17.9 Å². The molecule has 2 aromatic carbocycles. The monoisotopic (exact) mass is 308 g/mol. The smallest absolute Gasteiger partial charge is 0.256 e. The van der Waals surface area contributed by atoms with Crippen LogP contribution in [-0.2, 0) is 9.59 Å². The number of imide groups is 1. The van der Waals surface area contributed by atoms with Gasteiger partial charge in [0.25, 0.3) is 5.91 Å². The number of nitrogens with one attached hydrogen (secondary N) is 1. The van der Waals surface area contributed by atoms with Crippen molar-refractivity contribution in [2.45, 2.75) is 33.2 Å². The number of nitrogens with zero attached hydrogens (tertiary/aromatic N) is 1. The molecule has 2 amide bonds. The van der Waals surface area contributed by atoms with Gasteiger partial charge in [0, 0.05) is 5.69 Å². The van der Waals surface area contributed by atoms with Crippen molar-refractivity contribution in [3.8, 4) is 0 Å². The molecule has 2 aromatic rings. The van der Waals surface area contributed by atoms with Crippen molar-refractivity contribution >= 4 is 23.2 Å². The molecular formula is C19H20N2O2. The molecule has 1 heterocycles. The zero-order chi connectivity index (χ0) is 16.6. The van der Waals surface area contributed by atoms with Gasteiger partial charge in [0.2, 0.25) is 5.91 Å². The van der Waals surface area contributed by atoms with Crippen LogP contribution in [0.15, 0.2) is 42.5 Å². The van der Waals surface area contributed by atoms with Gasteiger partial charge < -0.3 is 5.32 Å². The quantitative estimate of drug-likeness (QED) is 0.885. The van der Waals surface area contributed by atoms with Crippen LogP contribution < -0.4 is 10.2 Å². The molecule has 23 heavy (non-hydrogen) atoms. The normalized spacial score (nSPS) is 17.7. The minimum atomic E-state index is -0.511. The zero-order valence-electron chi connectivity index (χ0n) is 13.6. The van der Waals surface area contributed by atoms with E-state index in [-0.39, 0.29) is 18.2 Å². The predicted molar refractivity (Wildman–Crippen MR) is 91.6 cm³/mol. The van der Waals surface area contributed by atoms with Gasteiger partial charge in [-0.05, 0) is 55.7 Å². The zero-order valence-corrected chi connectivity index (χ0v) is 13.6. The number of rotatable bonds is 3. The number of aryl methyl sites for hydroxylation is 2. The van der Waals surface area contributed by atoms with Crippen LogP contribution in [0.25, 0.3) is 0 Å². The average Bonchev–Trinajstić information content (AvgIpc) is 2.78. The number of hydrogen-bond acceptors (Lipinski definition) is 3. The van der Waals surface area contributed by atoms with Gasteiger partial charge in [0.05, 0.1) is 12.1 Å². The Balaban J connectivity index is 1.85. The van der Waals surface area contributed by atoms with Gasteiger partial charge in [-0.15, -0.1) is 0 Å². The lowest BCUT2D eigenvalue weighted by Crippen LogP contribution is -2.35. The molecule has 118 valence electrons. The molecular weight excluding hydrogens is 288 g/mol. The molecule has 0 unspecified atom stereocenters. The number of anilines is 2. The molecule has 0 bridgehead atoms. The lowest BCUT2D eigenvalue weighted by Gasteiger charge is -2.18. The van der Waals surface area contributed by atoms with Crippen LogP contribution in [0.4, 0.5) is 11.4 Å². The van der Waals surface area contributed by atoms with Gasteiger partial charge in [-0.25, -0.2) is 4.90 Å². The molecule has 0 aromatic heterocycles. The molecule has 0 aliphatic carbocycles. The summed E-state index contributed by atoms with van der Waals surface area (Å²) in [5.41, 5.74) is 4.82. The molecule has 4 nitrogen and oxygen atoms in total. The van der Waals surface area contributed by atoms with Crippen molar-refractivity contribution in [2.24, 2.45) is 0 Å². The summed E-state index contributed by atoms with van der Waals surface area (Å²) in [6.07, 6.45) is 0.181. The van der Waals surface area contributed by atoms with E-state index in [9.17, 15) is 9.59 Å². The van der Waals surface area contributed by atoms with E-state index in [1.807, 2.05) is 57.2 Å². The van der Waals surface area contributed by atoms with Gasteiger partial charge >= 0.3 is 0 Å². The topological polar surface area (TPSA) is 49.4 Å². The van der Waals surface area contributed by atoms with Gasteiger partial charge in [-0.3, -0.25) is 9.59 Å². The maximum absolute atomic E-state index is 12.7. The Bertz CT molecular complexity index is 783. The van der Waals surface area contributed by atoms with Gasteiger partial charge in [0.1, 0.15) is 6.04 Å². The summed E-state index contributed by atoms with van der Waals surface area (Å²) in [6.45, 7) is 5.98. The molecule has 0 spiro atoms. The molecule has 1 N–H and O–H groups in total. The molecule has 1 aliphatic rings.